The summed E-state index contributed by atoms with van der Waals surface area (Å²) in [4.78, 5) is 11.5. The molecule has 0 fully saturated rings. The first kappa shape index (κ1) is 12.3. The van der Waals surface area contributed by atoms with Gasteiger partial charge in [-0.1, -0.05) is 36.3 Å². The molecule has 0 aliphatic heterocycles. The molecule has 1 amide bonds. The van der Waals surface area contributed by atoms with Gasteiger partial charge in [0.1, 0.15) is 0 Å². The Morgan fingerprint density at radius 2 is 2.12 bits per heavy atom. The summed E-state index contributed by atoms with van der Waals surface area (Å²) in [6.07, 6.45) is 0.548. The summed E-state index contributed by atoms with van der Waals surface area (Å²) in [6, 6.07) is 9.20. The van der Waals surface area contributed by atoms with Crippen molar-refractivity contribution in [2.75, 3.05) is 6.54 Å². The minimum Gasteiger partial charge on any atom is -0.344 e. The quantitative estimate of drug-likeness (QED) is 0.728. The van der Waals surface area contributed by atoms with Crippen molar-refractivity contribution in [2.24, 2.45) is 5.73 Å². The van der Waals surface area contributed by atoms with Gasteiger partial charge in [0.25, 0.3) is 0 Å². The molecule has 0 unspecified atom stereocenters. The van der Waals surface area contributed by atoms with Gasteiger partial charge in [-0.25, -0.2) is 0 Å². The van der Waals surface area contributed by atoms with E-state index in [0.29, 0.717) is 13.0 Å². The second-order valence-corrected chi connectivity index (χ2v) is 3.44. The number of rotatable bonds is 4. The maximum atomic E-state index is 11.5. The van der Waals surface area contributed by atoms with Gasteiger partial charge in [-0.15, -0.1) is 5.92 Å². The van der Waals surface area contributed by atoms with Gasteiger partial charge in [0.05, 0.1) is 12.6 Å². The van der Waals surface area contributed by atoms with Crippen LogP contribution < -0.4 is 11.1 Å². The minimum atomic E-state index is -0.513. The smallest absolute Gasteiger partial charge is 0.238 e. The number of carbonyl (C=O) groups is 1. The van der Waals surface area contributed by atoms with Crippen molar-refractivity contribution in [2.45, 2.75) is 19.4 Å². The molecule has 1 atom stereocenters. The highest BCUT2D eigenvalue weighted by Gasteiger charge is 2.12. The van der Waals surface area contributed by atoms with E-state index < -0.39 is 6.04 Å². The van der Waals surface area contributed by atoms with E-state index in [1.165, 1.54) is 0 Å². The Kier molecular flexibility index (Phi) is 5.10. The molecule has 84 valence electrons. The lowest BCUT2D eigenvalue weighted by Gasteiger charge is -2.10. The van der Waals surface area contributed by atoms with Crippen molar-refractivity contribution in [3.8, 4) is 11.8 Å². The molecule has 0 aliphatic rings. The van der Waals surface area contributed by atoms with Crippen LogP contribution >= 0.6 is 0 Å². The minimum absolute atomic E-state index is 0.161. The maximum absolute atomic E-state index is 11.5. The number of amides is 1. The summed E-state index contributed by atoms with van der Waals surface area (Å²) in [5.41, 5.74) is 6.83. The van der Waals surface area contributed by atoms with Gasteiger partial charge in [0.2, 0.25) is 5.91 Å². The first-order valence-corrected chi connectivity index (χ1v) is 5.21. The van der Waals surface area contributed by atoms with Crippen molar-refractivity contribution in [1.82, 2.24) is 5.32 Å². The number of carbonyl (C=O) groups excluding carboxylic acids is 1. The molecule has 3 N–H and O–H groups in total. The largest absolute Gasteiger partial charge is 0.344 e. The van der Waals surface area contributed by atoms with Crippen LogP contribution in [0, 0.1) is 11.8 Å². The SMILES string of the molecule is CC#CCNC(=O)[C@@H](N)Cc1ccccc1. The molecule has 0 heterocycles. The summed E-state index contributed by atoms with van der Waals surface area (Å²) in [5, 5.41) is 2.67. The monoisotopic (exact) mass is 216 g/mol. The molecule has 1 aromatic rings. The van der Waals surface area contributed by atoms with E-state index in [1.807, 2.05) is 30.3 Å². The normalized spacial score (nSPS) is 11.1. The fraction of sp³-hybridized carbons (Fsp3) is 0.308. The molecule has 0 aliphatic carbocycles. The summed E-state index contributed by atoms with van der Waals surface area (Å²) in [7, 11) is 0. The molecule has 0 spiro atoms. The number of benzene rings is 1. The lowest BCUT2D eigenvalue weighted by molar-refractivity contribution is -0.122. The highest BCUT2D eigenvalue weighted by molar-refractivity contribution is 5.82. The fourth-order valence-electron chi connectivity index (χ4n) is 1.31. The standard InChI is InChI=1S/C13H16N2O/c1-2-3-9-15-13(16)12(14)10-11-7-5-4-6-8-11/h4-8,12H,9-10,14H2,1H3,(H,15,16)/t12-/m0/s1. The molecular weight excluding hydrogens is 200 g/mol. The molecule has 3 nitrogen and oxygen atoms in total. The number of hydrogen-bond acceptors (Lipinski definition) is 2. The van der Waals surface area contributed by atoms with Crippen molar-refractivity contribution in [1.29, 1.82) is 0 Å². The van der Waals surface area contributed by atoms with Crippen molar-refractivity contribution < 1.29 is 4.79 Å². The van der Waals surface area contributed by atoms with Crippen molar-refractivity contribution in [3.05, 3.63) is 35.9 Å². The predicted molar refractivity (Wildman–Crippen MR) is 64.6 cm³/mol. The average Bonchev–Trinajstić information content (AvgIpc) is 2.30. The Morgan fingerprint density at radius 3 is 2.75 bits per heavy atom. The van der Waals surface area contributed by atoms with Crippen LogP contribution in [0.15, 0.2) is 30.3 Å². The second kappa shape index (κ2) is 6.65. The molecule has 0 saturated carbocycles. The van der Waals surface area contributed by atoms with Crippen LogP contribution in [-0.4, -0.2) is 18.5 Å². The zero-order chi connectivity index (χ0) is 11.8. The molecule has 3 heteroatoms. The molecule has 0 aromatic heterocycles. The van der Waals surface area contributed by atoms with Crippen molar-refractivity contribution in [3.63, 3.8) is 0 Å². The van der Waals surface area contributed by atoms with E-state index in [0.717, 1.165) is 5.56 Å². The Balaban J connectivity index is 2.42. The summed E-state index contributed by atoms with van der Waals surface area (Å²) in [5.74, 6) is 5.31. The van der Waals surface area contributed by atoms with Gasteiger partial charge in [-0.3, -0.25) is 4.79 Å². The van der Waals surface area contributed by atoms with Gasteiger partial charge >= 0.3 is 0 Å². The zero-order valence-corrected chi connectivity index (χ0v) is 9.36. The molecule has 1 aromatic carbocycles. The van der Waals surface area contributed by atoms with Crippen LogP contribution in [0.5, 0.6) is 0 Å². The highest BCUT2D eigenvalue weighted by Crippen LogP contribution is 2.01. The topological polar surface area (TPSA) is 55.1 Å². The Morgan fingerprint density at radius 1 is 1.44 bits per heavy atom. The van der Waals surface area contributed by atoms with Crippen LogP contribution in [0.4, 0.5) is 0 Å². The van der Waals surface area contributed by atoms with Crippen LogP contribution in [0.2, 0.25) is 0 Å². The summed E-state index contributed by atoms with van der Waals surface area (Å²) < 4.78 is 0. The van der Waals surface area contributed by atoms with E-state index in [-0.39, 0.29) is 5.91 Å². The Bertz CT molecular complexity index is 389. The van der Waals surface area contributed by atoms with Gasteiger partial charge in [-0.05, 0) is 18.9 Å². The van der Waals surface area contributed by atoms with Crippen LogP contribution in [0.1, 0.15) is 12.5 Å². The molecule has 0 radical (unpaired) electrons. The van der Waals surface area contributed by atoms with Gasteiger partial charge < -0.3 is 11.1 Å². The number of nitrogens with two attached hydrogens (primary N) is 1. The molecule has 0 saturated heterocycles. The third kappa shape index (κ3) is 4.16. The van der Waals surface area contributed by atoms with Gasteiger partial charge in [0.15, 0.2) is 0 Å². The maximum Gasteiger partial charge on any atom is 0.238 e. The van der Waals surface area contributed by atoms with E-state index in [1.54, 1.807) is 6.92 Å². The van der Waals surface area contributed by atoms with E-state index in [9.17, 15) is 4.79 Å². The van der Waals surface area contributed by atoms with Crippen LogP contribution in [0.25, 0.3) is 0 Å². The number of hydrogen-bond donors (Lipinski definition) is 2. The summed E-state index contributed by atoms with van der Waals surface area (Å²) in [6.45, 7) is 2.09. The summed E-state index contributed by atoms with van der Waals surface area (Å²) >= 11 is 0. The molecule has 1 rings (SSSR count). The fourth-order valence-corrected chi connectivity index (χ4v) is 1.31. The second-order valence-electron chi connectivity index (χ2n) is 3.44. The molecule has 16 heavy (non-hydrogen) atoms. The lowest BCUT2D eigenvalue weighted by atomic mass is 10.1. The average molecular weight is 216 g/mol. The van der Waals surface area contributed by atoms with Gasteiger partial charge in [-0.2, -0.15) is 0 Å². The predicted octanol–water partition coefficient (Wildman–Crippen LogP) is 0.696. The number of nitrogens with one attached hydrogen (secondary N) is 1. The van der Waals surface area contributed by atoms with Crippen LogP contribution in [0.3, 0.4) is 0 Å². The highest BCUT2D eigenvalue weighted by atomic mass is 16.2. The van der Waals surface area contributed by atoms with E-state index >= 15 is 0 Å². The van der Waals surface area contributed by atoms with Crippen molar-refractivity contribution >= 4 is 5.91 Å². The van der Waals surface area contributed by atoms with E-state index in [2.05, 4.69) is 17.2 Å². The molecular formula is C13H16N2O. The Hall–Kier alpha value is -1.79. The van der Waals surface area contributed by atoms with Gasteiger partial charge in [0, 0.05) is 0 Å². The Labute approximate surface area is 96.0 Å². The first-order valence-electron chi connectivity index (χ1n) is 5.21. The third-order valence-electron chi connectivity index (χ3n) is 2.16. The third-order valence-corrected chi connectivity index (χ3v) is 2.16. The first-order chi connectivity index (χ1) is 7.74. The lowest BCUT2D eigenvalue weighted by Crippen LogP contribution is -2.42. The van der Waals surface area contributed by atoms with Crippen LogP contribution in [-0.2, 0) is 11.2 Å². The zero-order valence-electron chi connectivity index (χ0n) is 9.36. The molecule has 0 bridgehead atoms. The van der Waals surface area contributed by atoms with E-state index in [4.69, 9.17) is 5.73 Å².